The zero-order chi connectivity index (χ0) is 14.2. The number of rotatable bonds is 4. The molecule has 0 bridgehead atoms. The molecule has 0 aromatic heterocycles. The molecule has 1 heterocycles. The predicted octanol–water partition coefficient (Wildman–Crippen LogP) is 2.63. The van der Waals surface area contributed by atoms with Gasteiger partial charge >= 0.3 is 0 Å². The monoisotopic (exact) mass is 304 g/mol. The lowest BCUT2D eigenvalue weighted by molar-refractivity contribution is -0.130. The number of aliphatic hydroxyl groups excluding tert-OH is 1. The average molecular weight is 305 g/mol. The molecule has 1 N–H and O–H groups in total. The number of hydrogen-bond donors (Lipinski definition) is 1. The summed E-state index contributed by atoms with van der Waals surface area (Å²) in [6.45, 7) is 3.80. The Morgan fingerprint density at radius 2 is 2.16 bits per heavy atom. The number of carbonyl (C=O) groups excluding carboxylic acids is 2. The summed E-state index contributed by atoms with van der Waals surface area (Å²) in [4.78, 5) is 24.7. The van der Waals surface area contributed by atoms with Crippen LogP contribution in [0.2, 0.25) is 0 Å². The highest BCUT2D eigenvalue weighted by atomic mass is 35.5. The quantitative estimate of drug-likeness (QED) is 0.811. The maximum atomic E-state index is 12.5. The highest BCUT2D eigenvalue weighted by Gasteiger charge is 2.62. The summed E-state index contributed by atoms with van der Waals surface area (Å²) in [5, 5.41) is 10.6. The second-order valence-corrected chi connectivity index (χ2v) is 7.57. The molecule has 1 aliphatic heterocycles. The lowest BCUT2D eigenvalue weighted by atomic mass is 9.67. The van der Waals surface area contributed by atoms with Crippen LogP contribution >= 0.6 is 23.4 Å². The molecule has 0 spiro atoms. The Hall–Kier alpha value is -0.0600. The van der Waals surface area contributed by atoms with Crippen molar-refractivity contribution in [1.82, 2.24) is 0 Å². The Morgan fingerprint density at radius 3 is 2.74 bits per heavy atom. The molecule has 0 amide bonds. The van der Waals surface area contributed by atoms with E-state index in [-0.39, 0.29) is 28.7 Å². The standard InChI is InChI=1S/C14H21ClO3S/c1-8(2)12(17)14-10(4-3-5-11(14)16)9(6-7-15)13(18)19-14/h8-10,12,17H,3-7H2,1-2H3/t9?,10-,12-,14+/m0/s1. The van der Waals surface area contributed by atoms with Crippen molar-refractivity contribution in [3.05, 3.63) is 0 Å². The number of Topliss-reactive ketones (excluding diaryl/α,β-unsaturated/α-hetero) is 1. The molecule has 3 nitrogen and oxygen atoms in total. The molecule has 1 unspecified atom stereocenters. The minimum Gasteiger partial charge on any atom is -0.391 e. The van der Waals surface area contributed by atoms with Crippen molar-refractivity contribution in [2.24, 2.45) is 17.8 Å². The fourth-order valence-electron chi connectivity index (χ4n) is 3.51. The van der Waals surface area contributed by atoms with Gasteiger partial charge in [0, 0.05) is 18.2 Å². The predicted molar refractivity (Wildman–Crippen MR) is 77.3 cm³/mol. The first-order valence-corrected chi connectivity index (χ1v) is 8.30. The fraction of sp³-hybridized carbons (Fsp3) is 0.857. The Morgan fingerprint density at radius 1 is 1.47 bits per heavy atom. The van der Waals surface area contributed by atoms with Crippen LogP contribution in [-0.2, 0) is 9.59 Å². The van der Waals surface area contributed by atoms with Gasteiger partial charge in [0.1, 0.15) is 4.75 Å². The smallest absolute Gasteiger partial charge is 0.193 e. The molecule has 2 aliphatic rings. The third kappa shape index (κ3) is 2.36. The summed E-state index contributed by atoms with van der Waals surface area (Å²) in [5.41, 5.74) is 0. The van der Waals surface area contributed by atoms with Gasteiger partial charge in [-0.15, -0.1) is 11.6 Å². The van der Waals surface area contributed by atoms with Crippen molar-refractivity contribution in [3.8, 4) is 0 Å². The number of hydrogen-bond acceptors (Lipinski definition) is 4. The molecule has 4 atom stereocenters. The molecular weight excluding hydrogens is 284 g/mol. The highest BCUT2D eigenvalue weighted by Crippen LogP contribution is 2.56. The normalized spacial score (nSPS) is 36.7. The number of carbonyl (C=O) groups is 2. The third-order valence-corrected chi connectivity index (χ3v) is 6.29. The number of alkyl halides is 1. The SMILES string of the molecule is CC(C)[C@H](O)[C@@]12SC(=O)C(CCCl)[C@@H]1CCCC2=O. The van der Waals surface area contributed by atoms with Crippen LogP contribution in [0.15, 0.2) is 0 Å². The first-order valence-electron chi connectivity index (χ1n) is 6.95. The lowest BCUT2D eigenvalue weighted by Gasteiger charge is -2.42. The molecule has 2 rings (SSSR count). The molecule has 5 heteroatoms. The average Bonchev–Trinajstić information content (AvgIpc) is 2.65. The zero-order valence-electron chi connectivity index (χ0n) is 11.4. The van der Waals surface area contributed by atoms with E-state index in [2.05, 4.69) is 0 Å². The second-order valence-electron chi connectivity index (χ2n) is 5.91. The highest BCUT2D eigenvalue weighted by molar-refractivity contribution is 8.15. The molecule has 0 aromatic rings. The topological polar surface area (TPSA) is 54.4 Å². The van der Waals surface area contributed by atoms with Gasteiger partial charge in [-0.05, 0) is 31.1 Å². The van der Waals surface area contributed by atoms with Gasteiger partial charge in [-0.2, -0.15) is 0 Å². The molecule has 108 valence electrons. The van der Waals surface area contributed by atoms with Crippen molar-refractivity contribution in [2.45, 2.75) is 50.4 Å². The maximum absolute atomic E-state index is 12.5. The molecule has 2 fully saturated rings. The number of ketones is 1. The Balaban J connectivity index is 2.40. The van der Waals surface area contributed by atoms with E-state index in [9.17, 15) is 14.7 Å². The number of halogens is 1. The van der Waals surface area contributed by atoms with Crippen molar-refractivity contribution in [2.75, 3.05) is 5.88 Å². The summed E-state index contributed by atoms with van der Waals surface area (Å²) >= 11 is 6.89. The van der Waals surface area contributed by atoms with Gasteiger partial charge in [-0.3, -0.25) is 9.59 Å². The number of fused-ring (bicyclic) bond motifs is 1. The van der Waals surface area contributed by atoms with Crippen molar-refractivity contribution >= 4 is 34.3 Å². The van der Waals surface area contributed by atoms with Gasteiger partial charge in [0.2, 0.25) is 0 Å². The van der Waals surface area contributed by atoms with E-state index < -0.39 is 10.9 Å². The summed E-state index contributed by atoms with van der Waals surface area (Å²) in [6.07, 6.45) is 2.00. The van der Waals surface area contributed by atoms with Crippen molar-refractivity contribution < 1.29 is 14.7 Å². The van der Waals surface area contributed by atoms with E-state index in [1.807, 2.05) is 13.8 Å². The molecule has 1 saturated carbocycles. The second kappa shape index (κ2) is 5.74. The number of thioether (sulfide) groups is 1. The van der Waals surface area contributed by atoms with Crippen LogP contribution < -0.4 is 0 Å². The fourth-order valence-corrected chi connectivity index (χ4v) is 5.56. The van der Waals surface area contributed by atoms with E-state index >= 15 is 0 Å². The van der Waals surface area contributed by atoms with Crippen molar-refractivity contribution in [1.29, 1.82) is 0 Å². The summed E-state index contributed by atoms with van der Waals surface area (Å²) in [5.74, 6) is 0.248. The van der Waals surface area contributed by atoms with Crippen LogP contribution in [0.1, 0.15) is 39.5 Å². The van der Waals surface area contributed by atoms with Gasteiger partial charge in [0.25, 0.3) is 0 Å². The van der Waals surface area contributed by atoms with E-state index in [1.54, 1.807) is 0 Å². The van der Waals surface area contributed by atoms with E-state index in [4.69, 9.17) is 11.6 Å². The van der Waals surface area contributed by atoms with Crippen LogP contribution in [0.5, 0.6) is 0 Å². The van der Waals surface area contributed by atoms with Gasteiger partial charge in [0.15, 0.2) is 10.9 Å². The van der Waals surface area contributed by atoms with Crippen LogP contribution in [0.3, 0.4) is 0 Å². The molecule has 19 heavy (non-hydrogen) atoms. The minimum atomic E-state index is -0.903. The molecule has 0 aromatic carbocycles. The summed E-state index contributed by atoms with van der Waals surface area (Å²) < 4.78 is -0.903. The molecule has 0 radical (unpaired) electrons. The Labute approximate surface area is 123 Å². The van der Waals surface area contributed by atoms with Crippen molar-refractivity contribution in [3.63, 3.8) is 0 Å². The van der Waals surface area contributed by atoms with Gasteiger partial charge in [-0.25, -0.2) is 0 Å². The Bertz CT molecular complexity index is 385. The zero-order valence-corrected chi connectivity index (χ0v) is 13.0. The van der Waals surface area contributed by atoms with E-state index in [0.29, 0.717) is 18.7 Å². The van der Waals surface area contributed by atoms with Crippen LogP contribution in [0.25, 0.3) is 0 Å². The first-order chi connectivity index (χ1) is 8.95. The van der Waals surface area contributed by atoms with Gasteiger partial charge in [0.05, 0.1) is 6.10 Å². The minimum absolute atomic E-state index is 0.0281. The lowest BCUT2D eigenvalue weighted by Crippen LogP contribution is -2.55. The Kier molecular flexibility index (Phi) is 4.63. The summed E-state index contributed by atoms with van der Waals surface area (Å²) in [6, 6.07) is 0. The molecular formula is C14H21ClO3S. The van der Waals surface area contributed by atoms with Crippen LogP contribution in [0, 0.1) is 17.8 Å². The largest absolute Gasteiger partial charge is 0.391 e. The maximum Gasteiger partial charge on any atom is 0.193 e. The summed E-state index contributed by atoms with van der Waals surface area (Å²) in [7, 11) is 0. The molecule has 1 saturated heterocycles. The third-order valence-electron chi connectivity index (χ3n) is 4.45. The van der Waals surface area contributed by atoms with Gasteiger partial charge < -0.3 is 5.11 Å². The van der Waals surface area contributed by atoms with E-state index in [1.165, 1.54) is 0 Å². The van der Waals surface area contributed by atoms with E-state index in [0.717, 1.165) is 24.6 Å². The number of aliphatic hydroxyl groups is 1. The van der Waals surface area contributed by atoms with Gasteiger partial charge in [-0.1, -0.05) is 25.6 Å². The van der Waals surface area contributed by atoms with Crippen LogP contribution in [0.4, 0.5) is 0 Å². The molecule has 1 aliphatic carbocycles. The first kappa shape index (κ1) is 15.3. The van der Waals surface area contributed by atoms with Crippen LogP contribution in [-0.4, -0.2) is 32.7 Å².